The Bertz CT molecular complexity index is 923. The third kappa shape index (κ3) is 3.11. The summed E-state index contributed by atoms with van der Waals surface area (Å²) in [5.74, 6) is 0. The average Bonchev–Trinajstić information content (AvgIpc) is 2.67. The minimum absolute atomic E-state index is 0.283. The monoisotopic (exact) mass is 310 g/mol. The molecule has 0 atom stereocenters. The molecule has 0 aliphatic carbocycles. The lowest BCUT2D eigenvalue weighted by Gasteiger charge is -2.28. The lowest BCUT2D eigenvalue weighted by Crippen LogP contribution is -2.51. The van der Waals surface area contributed by atoms with Crippen LogP contribution >= 0.6 is 0 Å². The first kappa shape index (κ1) is 14.8. The summed E-state index contributed by atoms with van der Waals surface area (Å²) in [6.45, 7) is 0.981. The van der Waals surface area contributed by atoms with E-state index in [1.807, 2.05) is 6.07 Å². The van der Waals surface area contributed by atoms with E-state index in [1.165, 1.54) is 16.2 Å². The molecular formula is C21H19BN2. The topological polar surface area (TPSA) is 15.6 Å². The van der Waals surface area contributed by atoms with Crippen molar-refractivity contribution < 1.29 is 0 Å². The molecule has 1 aliphatic rings. The number of para-hydroxylation sites is 1. The highest BCUT2D eigenvalue weighted by atomic mass is 15.1. The summed E-state index contributed by atoms with van der Waals surface area (Å²) in [6, 6.07) is 29.7. The summed E-state index contributed by atoms with van der Waals surface area (Å²) in [4.78, 5) is 7.11. The van der Waals surface area contributed by atoms with Gasteiger partial charge in [-0.2, -0.15) is 0 Å². The van der Waals surface area contributed by atoms with Gasteiger partial charge in [-0.25, -0.2) is 0 Å². The predicted molar refractivity (Wildman–Crippen MR) is 100 cm³/mol. The molecule has 0 saturated carbocycles. The van der Waals surface area contributed by atoms with Crippen LogP contribution in [0.15, 0.2) is 89.9 Å². The molecule has 116 valence electrons. The molecule has 3 heteroatoms. The van der Waals surface area contributed by atoms with Gasteiger partial charge in [-0.15, -0.1) is 0 Å². The van der Waals surface area contributed by atoms with Gasteiger partial charge in [0.2, 0.25) is 0 Å². The van der Waals surface area contributed by atoms with Gasteiger partial charge in [-0.05, 0) is 18.6 Å². The van der Waals surface area contributed by atoms with Crippen LogP contribution in [0.4, 0.5) is 0 Å². The first-order valence-electron chi connectivity index (χ1n) is 8.36. The van der Waals surface area contributed by atoms with Crippen molar-refractivity contribution in [1.82, 2.24) is 4.81 Å². The SMILES string of the molecule is C1=c2ccccc2=NCN1B(Cc1ccccc1)c1ccccc1. The zero-order valence-electron chi connectivity index (χ0n) is 13.5. The summed E-state index contributed by atoms with van der Waals surface area (Å²) >= 11 is 0. The maximum Gasteiger partial charge on any atom is 0.294 e. The fraction of sp³-hybridized carbons (Fsp3) is 0.0952. The lowest BCUT2D eigenvalue weighted by molar-refractivity contribution is 0.614. The lowest BCUT2D eigenvalue weighted by atomic mass is 9.50. The van der Waals surface area contributed by atoms with Crippen LogP contribution in [0.5, 0.6) is 0 Å². The summed E-state index contributed by atoms with van der Waals surface area (Å²) in [6.07, 6.45) is 3.22. The van der Waals surface area contributed by atoms with Crippen molar-refractivity contribution in [2.75, 3.05) is 6.67 Å². The second-order valence-corrected chi connectivity index (χ2v) is 6.12. The number of nitrogens with zero attached hydrogens (tertiary/aromatic N) is 2. The average molecular weight is 310 g/mol. The van der Waals surface area contributed by atoms with Crippen molar-refractivity contribution >= 4 is 18.5 Å². The molecule has 0 saturated heterocycles. The maximum atomic E-state index is 4.76. The number of benzene rings is 3. The Hall–Kier alpha value is -2.81. The van der Waals surface area contributed by atoms with Crippen molar-refractivity contribution in [1.29, 1.82) is 0 Å². The van der Waals surface area contributed by atoms with E-state index in [0.29, 0.717) is 6.67 Å². The van der Waals surface area contributed by atoms with Gasteiger partial charge in [0.15, 0.2) is 0 Å². The zero-order chi connectivity index (χ0) is 16.2. The third-order valence-electron chi connectivity index (χ3n) is 4.50. The molecule has 3 aromatic carbocycles. The number of hydrogen-bond acceptors (Lipinski definition) is 2. The van der Waals surface area contributed by atoms with E-state index in [-0.39, 0.29) is 6.85 Å². The molecule has 3 aromatic rings. The van der Waals surface area contributed by atoms with Gasteiger partial charge in [0.25, 0.3) is 6.85 Å². The third-order valence-corrected chi connectivity index (χ3v) is 4.50. The van der Waals surface area contributed by atoms with Crippen molar-refractivity contribution in [2.45, 2.75) is 6.32 Å². The van der Waals surface area contributed by atoms with E-state index >= 15 is 0 Å². The fourth-order valence-electron chi connectivity index (χ4n) is 3.25. The van der Waals surface area contributed by atoms with Gasteiger partial charge in [0.05, 0.1) is 12.0 Å². The Labute approximate surface area is 142 Å². The standard InChI is InChI=1S/C21H19BN2/c1-3-9-18(10-4-1)15-22(20-12-5-2-6-13-20)24-16-19-11-7-8-14-21(19)23-17-24/h1-14,16H,15,17H2. The molecule has 1 heterocycles. The minimum Gasteiger partial charge on any atom is -0.398 e. The molecule has 0 radical (unpaired) electrons. The number of fused-ring (bicyclic) bond motifs is 1. The normalized spacial score (nSPS) is 12.8. The Kier molecular flexibility index (Phi) is 4.15. The van der Waals surface area contributed by atoms with Crippen LogP contribution in [0.3, 0.4) is 0 Å². The highest BCUT2D eigenvalue weighted by molar-refractivity contribution is 6.70. The first-order valence-corrected chi connectivity index (χ1v) is 8.36. The van der Waals surface area contributed by atoms with E-state index in [9.17, 15) is 0 Å². The van der Waals surface area contributed by atoms with Crippen molar-refractivity contribution in [2.24, 2.45) is 4.99 Å². The molecule has 0 N–H and O–H groups in total. The minimum atomic E-state index is 0.283. The van der Waals surface area contributed by atoms with Crippen LogP contribution < -0.4 is 16.0 Å². The molecule has 0 fully saturated rings. The summed E-state index contributed by atoms with van der Waals surface area (Å²) in [5.41, 5.74) is 2.67. The van der Waals surface area contributed by atoms with Crippen LogP contribution in [0.1, 0.15) is 5.56 Å². The molecule has 0 spiro atoms. The van der Waals surface area contributed by atoms with E-state index in [0.717, 1.165) is 11.7 Å². The molecule has 0 amide bonds. The number of rotatable bonds is 4. The molecular weight excluding hydrogens is 291 g/mol. The van der Waals surface area contributed by atoms with Crippen LogP contribution in [-0.2, 0) is 6.32 Å². The molecule has 0 aromatic heterocycles. The summed E-state index contributed by atoms with van der Waals surface area (Å²) in [5, 5.41) is 2.28. The Balaban J connectivity index is 1.72. The van der Waals surface area contributed by atoms with E-state index in [2.05, 4.69) is 89.9 Å². The van der Waals surface area contributed by atoms with Gasteiger partial charge in [-0.3, -0.25) is 4.99 Å². The zero-order valence-corrected chi connectivity index (χ0v) is 13.5. The van der Waals surface area contributed by atoms with Gasteiger partial charge in [0.1, 0.15) is 0 Å². The summed E-state index contributed by atoms with van der Waals surface area (Å²) in [7, 11) is 0. The van der Waals surface area contributed by atoms with Gasteiger partial charge < -0.3 is 4.81 Å². The quantitative estimate of drug-likeness (QED) is 0.673. The Morgan fingerprint density at radius 1 is 0.792 bits per heavy atom. The summed E-state index contributed by atoms with van der Waals surface area (Å²) < 4.78 is 0. The van der Waals surface area contributed by atoms with Crippen LogP contribution in [-0.4, -0.2) is 18.3 Å². The first-order chi connectivity index (χ1) is 11.9. The van der Waals surface area contributed by atoms with Crippen LogP contribution in [0.2, 0.25) is 0 Å². The fourth-order valence-corrected chi connectivity index (χ4v) is 3.25. The molecule has 4 rings (SSSR count). The van der Waals surface area contributed by atoms with Crippen LogP contribution in [0, 0.1) is 0 Å². The van der Waals surface area contributed by atoms with Crippen LogP contribution in [0.25, 0.3) is 6.20 Å². The molecule has 0 bridgehead atoms. The van der Waals surface area contributed by atoms with E-state index in [4.69, 9.17) is 4.99 Å². The second kappa shape index (κ2) is 6.75. The van der Waals surface area contributed by atoms with Gasteiger partial charge in [0, 0.05) is 5.22 Å². The van der Waals surface area contributed by atoms with Crippen molar-refractivity contribution in [3.05, 3.63) is 101 Å². The van der Waals surface area contributed by atoms with E-state index in [1.54, 1.807) is 0 Å². The smallest absolute Gasteiger partial charge is 0.294 e. The van der Waals surface area contributed by atoms with Crippen molar-refractivity contribution in [3.63, 3.8) is 0 Å². The highest BCUT2D eigenvalue weighted by Gasteiger charge is 2.24. The molecule has 24 heavy (non-hydrogen) atoms. The van der Waals surface area contributed by atoms with Crippen molar-refractivity contribution in [3.8, 4) is 0 Å². The Morgan fingerprint density at radius 2 is 1.46 bits per heavy atom. The predicted octanol–water partition coefficient (Wildman–Crippen LogP) is 2.00. The second-order valence-electron chi connectivity index (χ2n) is 6.12. The largest absolute Gasteiger partial charge is 0.398 e. The highest BCUT2D eigenvalue weighted by Crippen LogP contribution is 2.08. The maximum absolute atomic E-state index is 4.76. The molecule has 1 aliphatic heterocycles. The Morgan fingerprint density at radius 3 is 2.25 bits per heavy atom. The molecule has 0 unspecified atom stereocenters. The molecule has 2 nitrogen and oxygen atoms in total. The van der Waals surface area contributed by atoms with Gasteiger partial charge >= 0.3 is 0 Å². The van der Waals surface area contributed by atoms with Gasteiger partial charge in [-0.1, -0.05) is 89.9 Å². The van der Waals surface area contributed by atoms with E-state index < -0.39 is 0 Å². The number of hydrogen-bond donors (Lipinski definition) is 0.